The van der Waals surface area contributed by atoms with E-state index in [0.29, 0.717) is 23.1 Å². The van der Waals surface area contributed by atoms with Crippen LogP contribution < -0.4 is 0 Å². The molecule has 3 aliphatic rings. The topological polar surface area (TPSA) is 60.4 Å². The molecule has 2 unspecified atom stereocenters. The summed E-state index contributed by atoms with van der Waals surface area (Å²) in [4.78, 5) is 37.7. The Bertz CT molecular complexity index is 719. The van der Waals surface area contributed by atoms with Gasteiger partial charge in [-0.15, -0.1) is 0 Å². The van der Waals surface area contributed by atoms with E-state index in [4.69, 9.17) is 4.74 Å². The third kappa shape index (κ3) is 1.79. The van der Waals surface area contributed by atoms with E-state index in [1.54, 1.807) is 25.2 Å². The van der Waals surface area contributed by atoms with Crippen molar-refractivity contribution in [3.63, 3.8) is 0 Å². The van der Waals surface area contributed by atoms with Crippen molar-refractivity contribution in [2.75, 3.05) is 7.11 Å². The van der Waals surface area contributed by atoms with Crippen LogP contribution >= 0.6 is 0 Å². The number of fused-ring (bicyclic) bond motifs is 1. The van der Waals surface area contributed by atoms with Crippen LogP contribution in [0.15, 0.2) is 47.1 Å². The molecule has 3 rings (SSSR count). The predicted molar refractivity (Wildman–Crippen MR) is 80.9 cm³/mol. The van der Waals surface area contributed by atoms with Gasteiger partial charge in [0.1, 0.15) is 0 Å². The fourth-order valence-electron chi connectivity index (χ4n) is 3.44. The number of carbonyl (C=O) groups excluding carboxylic acids is 3. The van der Waals surface area contributed by atoms with Gasteiger partial charge in [-0.25, -0.2) is 0 Å². The van der Waals surface area contributed by atoms with Gasteiger partial charge in [-0.05, 0) is 26.7 Å². The second-order valence-electron chi connectivity index (χ2n) is 6.51. The minimum Gasteiger partial charge on any atom is -0.468 e. The van der Waals surface area contributed by atoms with Crippen LogP contribution in [0.25, 0.3) is 0 Å². The van der Waals surface area contributed by atoms with Gasteiger partial charge >= 0.3 is 5.97 Å². The second kappa shape index (κ2) is 4.63. The lowest BCUT2D eigenvalue weighted by molar-refractivity contribution is -0.149. The molecule has 0 saturated heterocycles. The molecule has 0 heterocycles. The van der Waals surface area contributed by atoms with Gasteiger partial charge in [0.2, 0.25) is 0 Å². The van der Waals surface area contributed by atoms with Gasteiger partial charge in [0.05, 0.1) is 17.9 Å². The lowest BCUT2D eigenvalue weighted by Gasteiger charge is -2.39. The summed E-state index contributed by atoms with van der Waals surface area (Å²) in [6.45, 7) is 3.54. The number of hydrogen-bond acceptors (Lipinski definition) is 4. The van der Waals surface area contributed by atoms with E-state index in [1.807, 2.05) is 19.1 Å². The summed E-state index contributed by atoms with van der Waals surface area (Å²) in [5.74, 6) is -0.566. The maximum Gasteiger partial charge on any atom is 0.315 e. The van der Waals surface area contributed by atoms with Crippen molar-refractivity contribution in [3.8, 4) is 0 Å². The zero-order valence-corrected chi connectivity index (χ0v) is 12.9. The highest BCUT2D eigenvalue weighted by atomic mass is 16.5. The van der Waals surface area contributed by atoms with E-state index in [1.165, 1.54) is 7.11 Å². The molecule has 0 N–H and O–H groups in total. The molecule has 22 heavy (non-hydrogen) atoms. The monoisotopic (exact) mass is 298 g/mol. The number of allylic oxidation sites excluding steroid dienone is 7. The highest BCUT2D eigenvalue weighted by Crippen LogP contribution is 2.48. The molecular weight excluding hydrogens is 280 g/mol. The highest BCUT2D eigenvalue weighted by Gasteiger charge is 2.50. The Morgan fingerprint density at radius 1 is 1.27 bits per heavy atom. The van der Waals surface area contributed by atoms with E-state index in [-0.39, 0.29) is 18.0 Å². The molecule has 0 amide bonds. The van der Waals surface area contributed by atoms with Gasteiger partial charge in [-0.2, -0.15) is 0 Å². The van der Waals surface area contributed by atoms with Crippen molar-refractivity contribution < 1.29 is 19.1 Å². The van der Waals surface area contributed by atoms with Crippen LogP contribution in [0.5, 0.6) is 0 Å². The molecule has 4 nitrogen and oxygen atoms in total. The van der Waals surface area contributed by atoms with Crippen molar-refractivity contribution in [2.45, 2.75) is 26.7 Å². The number of Topliss-reactive ketones (excluding diaryl/α,β-unsaturated/α-hetero) is 2. The third-order valence-corrected chi connectivity index (χ3v) is 4.92. The molecule has 0 aromatic carbocycles. The highest BCUT2D eigenvalue weighted by molar-refractivity contribution is 6.25. The first-order valence-electron chi connectivity index (χ1n) is 7.31. The van der Waals surface area contributed by atoms with E-state index in [9.17, 15) is 14.4 Å². The van der Waals surface area contributed by atoms with E-state index in [2.05, 4.69) is 0 Å². The summed E-state index contributed by atoms with van der Waals surface area (Å²) >= 11 is 0. The number of hydrogen-bond donors (Lipinski definition) is 0. The van der Waals surface area contributed by atoms with E-state index < -0.39 is 16.8 Å². The van der Waals surface area contributed by atoms with Gasteiger partial charge in [0, 0.05) is 16.7 Å². The van der Waals surface area contributed by atoms with Crippen molar-refractivity contribution in [2.24, 2.45) is 10.8 Å². The lowest BCUT2D eigenvalue weighted by atomic mass is 9.61. The van der Waals surface area contributed by atoms with Gasteiger partial charge in [0.25, 0.3) is 0 Å². The van der Waals surface area contributed by atoms with Crippen LogP contribution in [-0.2, 0) is 19.1 Å². The number of methoxy groups -OCH3 is 1. The number of ether oxygens (including phenoxy) is 1. The molecular formula is C18H18O4. The molecule has 0 bridgehead atoms. The quantitative estimate of drug-likeness (QED) is 0.698. The average Bonchev–Trinajstić information content (AvgIpc) is 2.52. The van der Waals surface area contributed by atoms with Gasteiger partial charge in [-0.3, -0.25) is 14.4 Å². The Labute approximate surface area is 129 Å². The fraction of sp³-hybridized carbons (Fsp3) is 0.389. The summed E-state index contributed by atoms with van der Waals surface area (Å²) in [7, 11) is 1.32. The molecule has 0 spiro atoms. The summed E-state index contributed by atoms with van der Waals surface area (Å²) < 4.78 is 4.83. The van der Waals surface area contributed by atoms with E-state index >= 15 is 0 Å². The summed E-state index contributed by atoms with van der Waals surface area (Å²) in [5.41, 5.74) is -0.280. The van der Waals surface area contributed by atoms with Crippen molar-refractivity contribution in [1.82, 2.24) is 0 Å². The lowest BCUT2D eigenvalue weighted by Crippen LogP contribution is -2.43. The standard InChI is InChI=1S/C18H18O4/c1-17(16(21)22-3)9-7-11-12(10-17)14(19)13-6-4-5-8-18(13,2)15(11)20/h4-7,9H,8,10H2,1-3H3. The number of carbonyl (C=O) groups is 3. The molecule has 0 saturated carbocycles. The molecule has 0 radical (unpaired) electrons. The molecule has 0 aromatic heterocycles. The number of ketones is 2. The van der Waals surface area contributed by atoms with Crippen LogP contribution in [0.2, 0.25) is 0 Å². The maximum absolute atomic E-state index is 12.9. The van der Waals surface area contributed by atoms with Crippen LogP contribution in [0.3, 0.4) is 0 Å². The molecule has 0 fully saturated rings. The van der Waals surface area contributed by atoms with Gasteiger partial charge < -0.3 is 4.74 Å². The Morgan fingerprint density at radius 3 is 2.68 bits per heavy atom. The van der Waals surface area contributed by atoms with Gasteiger partial charge in [0.15, 0.2) is 11.6 Å². The Hall–Kier alpha value is -2.23. The molecule has 2 atom stereocenters. The summed E-state index contributed by atoms with van der Waals surface area (Å²) in [6, 6.07) is 0. The summed E-state index contributed by atoms with van der Waals surface area (Å²) in [6.07, 6.45) is 9.48. The van der Waals surface area contributed by atoms with Crippen LogP contribution in [0.1, 0.15) is 26.7 Å². The first-order chi connectivity index (χ1) is 10.3. The fourth-order valence-corrected chi connectivity index (χ4v) is 3.44. The second-order valence-corrected chi connectivity index (χ2v) is 6.51. The minimum atomic E-state index is -0.900. The van der Waals surface area contributed by atoms with Crippen molar-refractivity contribution in [3.05, 3.63) is 47.1 Å². The molecule has 3 aliphatic carbocycles. The Kier molecular flexibility index (Phi) is 3.09. The molecule has 0 aromatic rings. The SMILES string of the molecule is COC(=O)C1(C)C=CC2=C(C1)C(=O)C1=CC=CCC1(C)C2=O. The van der Waals surface area contributed by atoms with Crippen molar-refractivity contribution >= 4 is 17.5 Å². The zero-order valence-electron chi connectivity index (χ0n) is 12.9. The molecule has 0 aliphatic heterocycles. The molecule has 4 heteroatoms. The van der Waals surface area contributed by atoms with E-state index in [0.717, 1.165) is 0 Å². The largest absolute Gasteiger partial charge is 0.468 e. The summed E-state index contributed by atoms with van der Waals surface area (Å²) in [5, 5.41) is 0. The zero-order chi connectivity index (χ0) is 16.1. The number of rotatable bonds is 1. The van der Waals surface area contributed by atoms with Crippen LogP contribution in [0.4, 0.5) is 0 Å². The normalized spacial score (nSPS) is 33.3. The number of esters is 1. The van der Waals surface area contributed by atoms with Crippen molar-refractivity contribution in [1.29, 1.82) is 0 Å². The van der Waals surface area contributed by atoms with Crippen LogP contribution in [0, 0.1) is 10.8 Å². The average molecular weight is 298 g/mol. The minimum absolute atomic E-state index is 0.0409. The first kappa shape index (κ1) is 14.7. The Balaban J connectivity index is 2.10. The predicted octanol–water partition coefficient (Wildman–Crippen LogP) is 2.47. The molecule has 114 valence electrons. The maximum atomic E-state index is 12.9. The Morgan fingerprint density at radius 2 is 2.00 bits per heavy atom. The van der Waals surface area contributed by atoms with Crippen LogP contribution in [-0.4, -0.2) is 24.6 Å². The third-order valence-electron chi connectivity index (χ3n) is 4.92. The smallest absolute Gasteiger partial charge is 0.315 e. The first-order valence-corrected chi connectivity index (χ1v) is 7.31. The van der Waals surface area contributed by atoms with Gasteiger partial charge in [-0.1, -0.05) is 30.4 Å².